The maximum atomic E-state index is 13.0. The zero-order valence-electron chi connectivity index (χ0n) is 19.3. The van der Waals surface area contributed by atoms with Crippen molar-refractivity contribution in [1.82, 2.24) is 0 Å². The summed E-state index contributed by atoms with van der Waals surface area (Å²) in [5, 5.41) is 20.9. The van der Waals surface area contributed by atoms with Crippen LogP contribution in [-0.2, 0) is 9.95 Å². The van der Waals surface area contributed by atoms with Crippen LogP contribution in [0.4, 0.5) is 4.79 Å². The number of hydrogen-bond acceptors (Lipinski definition) is 5. The number of aliphatic hydroxyl groups is 1. The molecule has 1 aliphatic carbocycles. The number of hydrogen-bond donors (Lipinski definition) is 2. The molecule has 3 atom stereocenters. The van der Waals surface area contributed by atoms with E-state index in [-0.39, 0.29) is 10.8 Å². The van der Waals surface area contributed by atoms with Gasteiger partial charge >= 0.3 is 194 Å². The van der Waals surface area contributed by atoms with E-state index in [1.165, 1.54) is 32.1 Å². The Labute approximate surface area is 193 Å². The van der Waals surface area contributed by atoms with Gasteiger partial charge in [0.05, 0.1) is 0 Å². The van der Waals surface area contributed by atoms with Crippen molar-refractivity contribution in [3.63, 3.8) is 0 Å². The predicted octanol–water partition coefficient (Wildman–Crippen LogP) is 4.85. The van der Waals surface area contributed by atoms with Crippen molar-refractivity contribution >= 4 is 27.5 Å². The molecule has 1 aromatic rings. The van der Waals surface area contributed by atoms with Crippen molar-refractivity contribution in [3.05, 3.63) is 35.4 Å². The van der Waals surface area contributed by atoms with Gasteiger partial charge in [-0.1, -0.05) is 0 Å². The molecule has 1 unspecified atom stereocenters. The van der Waals surface area contributed by atoms with Gasteiger partial charge in [-0.3, -0.25) is 0 Å². The third kappa shape index (κ3) is 9.91. The summed E-state index contributed by atoms with van der Waals surface area (Å²) in [6.45, 7) is 7.26. The Bertz CT molecular complexity index is 724. The number of aliphatic hydroxyl groups excluding tert-OH is 1. The fraction of sp³-hybridized carbons (Fsp3) is 0.667. The van der Waals surface area contributed by atoms with Crippen LogP contribution in [0.25, 0.3) is 0 Å². The van der Waals surface area contributed by atoms with E-state index >= 15 is 0 Å². The van der Waals surface area contributed by atoms with Crippen LogP contribution in [0.2, 0.25) is 30.9 Å². The Balaban J connectivity index is 2.00. The summed E-state index contributed by atoms with van der Waals surface area (Å²) in [4.78, 5) is 13.0. The van der Waals surface area contributed by atoms with Gasteiger partial charge in [0.2, 0.25) is 0 Å². The van der Waals surface area contributed by atoms with Gasteiger partial charge in [0, 0.05) is 0 Å². The van der Waals surface area contributed by atoms with Crippen LogP contribution in [0.3, 0.4) is 0 Å². The number of nitrogens with two attached hydrogens (primary N) is 1. The normalized spacial score (nSPS) is 18.1. The number of benzene rings is 1. The van der Waals surface area contributed by atoms with Crippen LogP contribution in [0, 0.1) is 17.2 Å². The number of carbonyl (C=O) groups excluding carboxylic acids is 1. The topological polar surface area (TPSA) is 96.3 Å². The predicted molar refractivity (Wildman–Crippen MR) is 130 cm³/mol. The van der Waals surface area contributed by atoms with Crippen molar-refractivity contribution in [2.75, 3.05) is 6.61 Å². The fourth-order valence-corrected chi connectivity index (χ4v) is 9.00. The molecule has 7 heteroatoms. The van der Waals surface area contributed by atoms with Crippen molar-refractivity contribution in [1.29, 1.82) is 5.26 Å². The van der Waals surface area contributed by atoms with E-state index in [9.17, 15) is 9.90 Å². The van der Waals surface area contributed by atoms with Crippen LogP contribution in [0.1, 0.15) is 49.7 Å². The third-order valence-electron chi connectivity index (χ3n) is 6.02. The molecule has 0 saturated heterocycles. The summed E-state index contributed by atoms with van der Waals surface area (Å²) >= 11 is -2.18. The molecular weight excluding hydrogens is 467 g/mol. The summed E-state index contributed by atoms with van der Waals surface area (Å²) in [7, 11) is -1.28. The number of rotatable bonds is 11. The van der Waals surface area contributed by atoms with Gasteiger partial charge in [0.15, 0.2) is 0 Å². The molecule has 0 aliphatic heterocycles. The zero-order valence-corrected chi connectivity index (χ0v) is 22.2. The molecule has 2 rings (SSSR count). The number of ether oxygens (including phenoxy) is 1. The first-order chi connectivity index (χ1) is 14.7. The maximum absolute atomic E-state index is 13.0. The second kappa shape index (κ2) is 12.8. The molecule has 1 aromatic carbocycles. The molecule has 0 amide bonds. The Morgan fingerprint density at radius 1 is 1.26 bits per heavy atom. The van der Waals surface area contributed by atoms with Gasteiger partial charge in [0.1, 0.15) is 0 Å². The molecule has 0 aromatic heterocycles. The average molecular weight is 507 g/mol. The standard InChI is InChI=1S/C24H39AsN2O3Si/c1-31(2,3)14-13-30-24(29)25(16-20-9-11-21(18-26)12-10-20)17-23(28)22(27)15-19-7-5-4-6-8-19/h9-12,19,22-23,28H,4-8,13-17,27H2,1-3H3/t22-,23-,25?/m0/s1. The Morgan fingerprint density at radius 2 is 1.90 bits per heavy atom. The molecule has 1 aliphatic rings. The molecule has 1 saturated carbocycles. The molecule has 1 fully saturated rings. The first kappa shape index (κ1) is 26.1. The Hall–Kier alpha value is -1.12. The van der Waals surface area contributed by atoms with Gasteiger partial charge in [-0.05, 0) is 0 Å². The van der Waals surface area contributed by atoms with Gasteiger partial charge in [-0.15, -0.1) is 0 Å². The molecule has 5 nitrogen and oxygen atoms in total. The fourth-order valence-electron chi connectivity index (χ4n) is 3.97. The Kier molecular flexibility index (Phi) is 10.8. The van der Waals surface area contributed by atoms with Crippen LogP contribution < -0.4 is 5.73 Å². The molecule has 172 valence electrons. The first-order valence-electron chi connectivity index (χ1n) is 11.5. The van der Waals surface area contributed by atoms with E-state index in [2.05, 4.69) is 25.7 Å². The number of carbonyl (C=O) groups is 1. The van der Waals surface area contributed by atoms with Gasteiger partial charge in [-0.25, -0.2) is 0 Å². The SMILES string of the molecule is C[Si](C)(C)CCOC(=O)[As](Cc1ccc(C#N)cc1)C[C@H](O)[C@@H](N)CC1CCCCC1. The number of nitrogens with zero attached hydrogens (tertiary/aromatic N) is 1. The van der Waals surface area contributed by atoms with E-state index in [0.717, 1.165) is 18.0 Å². The van der Waals surface area contributed by atoms with E-state index in [0.29, 0.717) is 28.5 Å². The quantitative estimate of drug-likeness (QED) is 0.418. The van der Waals surface area contributed by atoms with E-state index in [1.54, 1.807) is 12.1 Å². The van der Waals surface area contributed by atoms with Crippen molar-refractivity contribution in [2.45, 2.75) is 86.8 Å². The molecule has 0 heterocycles. The third-order valence-corrected chi connectivity index (χ3v) is 12.4. The zero-order chi connectivity index (χ0) is 22.9. The summed E-state index contributed by atoms with van der Waals surface area (Å²) in [6, 6.07) is 10.2. The molecule has 0 radical (unpaired) electrons. The van der Waals surface area contributed by atoms with Crippen LogP contribution in [0.15, 0.2) is 24.3 Å². The van der Waals surface area contributed by atoms with Crippen molar-refractivity contribution < 1.29 is 14.6 Å². The molecule has 0 bridgehead atoms. The number of nitriles is 1. The van der Waals surface area contributed by atoms with E-state index < -0.39 is 28.8 Å². The molecule has 3 N–H and O–H groups in total. The average Bonchev–Trinajstić information content (AvgIpc) is 2.73. The van der Waals surface area contributed by atoms with Gasteiger partial charge in [0.25, 0.3) is 0 Å². The van der Waals surface area contributed by atoms with Crippen LogP contribution in [-0.4, -0.2) is 51.3 Å². The monoisotopic (exact) mass is 506 g/mol. The van der Waals surface area contributed by atoms with Crippen LogP contribution in [0.5, 0.6) is 0 Å². The molecular formula is C24H39AsN2O3Si. The summed E-state index contributed by atoms with van der Waals surface area (Å²) in [5.74, 6) is 0.599. The van der Waals surface area contributed by atoms with Crippen molar-refractivity contribution in [2.24, 2.45) is 11.7 Å². The minimum absolute atomic E-state index is 0.112. The second-order valence-corrected chi connectivity index (χ2v) is 20.2. The summed E-state index contributed by atoms with van der Waals surface area (Å²) in [6.07, 6.45) is 6.39. The summed E-state index contributed by atoms with van der Waals surface area (Å²) in [5.41, 5.74) is 8.00. The molecule has 0 spiro atoms. The van der Waals surface area contributed by atoms with Gasteiger partial charge in [-0.2, -0.15) is 0 Å². The van der Waals surface area contributed by atoms with Gasteiger partial charge < -0.3 is 0 Å². The van der Waals surface area contributed by atoms with Crippen molar-refractivity contribution in [3.8, 4) is 6.07 Å². The van der Waals surface area contributed by atoms with E-state index in [4.69, 9.17) is 15.7 Å². The molecule has 31 heavy (non-hydrogen) atoms. The van der Waals surface area contributed by atoms with Crippen LogP contribution >= 0.6 is 0 Å². The minimum atomic E-state index is -2.18. The summed E-state index contributed by atoms with van der Waals surface area (Å²) < 4.78 is 5.57. The first-order valence-corrected chi connectivity index (χ1v) is 18.8. The second-order valence-electron chi connectivity index (χ2n) is 10.1. The van der Waals surface area contributed by atoms with E-state index in [1.807, 2.05) is 12.1 Å². The Morgan fingerprint density at radius 3 is 2.48 bits per heavy atom.